The molecule has 0 radical (unpaired) electrons. The summed E-state index contributed by atoms with van der Waals surface area (Å²) in [6, 6.07) is 5.76. The van der Waals surface area contributed by atoms with Gasteiger partial charge in [-0.05, 0) is 31.2 Å². The van der Waals surface area contributed by atoms with Gasteiger partial charge in [-0.2, -0.15) is 0 Å². The van der Waals surface area contributed by atoms with Gasteiger partial charge >= 0.3 is 0 Å². The molecular formula is C15H22N2O2. The van der Waals surface area contributed by atoms with Gasteiger partial charge in [-0.1, -0.05) is 13.0 Å². The first kappa shape index (κ1) is 14.0. The highest BCUT2D eigenvalue weighted by molar-refractivity contribution is 6.02. The van der Waals surface area contributed by atoms with E-state index in [-0.39, 0.29) is 11.8 Å². The largest absolute Gasteiger partial charge is 0.496 e. The van der Waals surface area contributed by atoms with Crippen molar-refractivity contribution < 1.29 is 9.53 Å². The van der Waals surface area contributed by atoms with Crippen LogP contribution in [0.1, 0.15) is 22.8 Å². The number of Topliss-reactive ketones (excluding diaryl/α,β-unsaturated/α-hetero) is 1. The zero-order valence-corrected chi connectivity index (χ0v) is 11.9. The van der Waals surface area contributed by atoms with Crippen molar-refractivity contribution in [2.24, 2.45) is 0 Å². The lowest BCUT2D eigenvalue weighted by Gasteiger charge is -2.32. The lowest BCUT2D eigenvalue weighted by Crippen LogP contribution is -2.53. The minimum atomic E-state index is -0.102. The molecular weight excluding hydrogens is 240 g/mol. The molecule has 19 heavy (non-hydrogen) atoms. The van der Waals surface area contributed by atoms with Gasteiger partial charge in [-0.3, -0.25) is 9.69 Å². The lowest BCUT2D eigenvalue weighted by atomic mass is 9.98. The Morgan fingerprint density at radius 2 is 2.32 bits per heavy atom. The molecule has 1 aliphatic rings. The van der Waals surface area contributed by atoms with Crippen LogP contribution >= 0.6 is 0 Å². The molecule has 0 aliphatic carbocycles. The number of hydrogen-bond donors (Lipinski definition) is 1. The van der Waals surface area contributed by atoms with E-state index in [1.807, 2.05) is 25.2 Å². The molecule has 4 heteroatoms. The summed E-state index contributed by atoms with van der Waals surface area (Å²) in [4.78, 5) is 14.8. The Bertz CT molecular complexity index is 459. The number of benzene rings is 1. The summed E-state index contributed by atoms with van der Waals surface area (Å²) >= 11 is 0. The molecule has 1 N–H and O–H groups in total. The lowest BCUT2D eigenvalue weighted by molar-refractivity contribution is 0.0816. The monoisotopic (exact) mass is 262 g/mol. The van der Waals surface area contributed by atoms with Gasteiger partial charge in [0.25, 0.3) is 0 Å². The minimum absolute atomic E-state index is 0.102. The Labute approximate surface area is 114 Å². The van der Waals surface area contributed by atoms with Crippen molar-refractivity contribution in [3.63, 3.8) is 0 Å². The molecule has 1 aromatic rings. The third kappa shape index (κ3) is 2.96. The Hall–Kier alpha value is -1.39. The van der Waals surface area contributed by atoms with Crippen LogP contribution in [0.4, 0.5) is 0 Å². The average molecular weight is 262 g/mol. The molecule has 4 nitrogen and oxygen atoms in total. The molecule has 0 aromatic heterocycles. The van der Waals surface area contributed by atoms with Crippen LogP contribution in [0.2, 0.25) is 0 Å². The van der Waals surface area contributed by atoms with E-state index in [0.717, 1.165) is 25.1 Å². The predicted molar refractivity (Wildman–Crippen MR) is 76.0 cm³/mol. The molecule has 0 saturated carbocycles. The van der Waals surface area contributed by atoms with Crippen molar-refractivity contribution in [3.8, 4) is 5.75 Å². The van der Waals surface area contributed by atoms with Crippen LogP contribution in [0.15, 0.2) is 18.2 Å². The number of nitrogens with one attached hydrogen (secondary N) is 1. The molecule has 1 heterocycles. The van der Waals surface area contributed by atoms with Gasteiger partial charge in [0.15, 0.2) is 5.78 Å². The summed E-state index contributed by atoms with van der Waals surface area (Å²) in [5, 5.41) is 3.28. The molecule has 0 bridgehead atoms. The molecule has 0 amide bonds. The maximum absolute atomic E-state index is 12.7. The average Bonchev–Trinajstić information content (AvgIpc) is 2.46. The van der Waals surface area contributed by atoms with Crippen LogP contribution in [-0.2, 0) is 6.42 Å². The fourth-order valence-electron chi connectivity index (χ4n) is 2.45. The highest BCUT2D eigenvalue weighted by Crippen LogP contribution is 2.23. The maximum atomic E-state index is 12.7. The van der Waals surface area contributed by atoms with E-state index < -0.39 is 0 Å². The van der Waals surface area contributed by atoms with Crippen molar-refractivity contribution in [2.75, 3.05) is 33.8 Å². The van der Waals surface area contributed by atoms with Gasteiger partial charge in [0, 0.05) is 19.6 Å². The smallest absolute Gasteiger partial charge is 0.184 e. The third-order valence-electron chi connectivity index (χ3n) is 3.75. The third-order valence-corrected chi connectivity index (χ3v) is 3.75. The Morgan fingerprint density at radius 1 is 1.53 bits per heavy atom. The fourth-order valence-corrected chi connectivity index (χ4v) is 2.45. The van der Waals surface area contributed by atoms with Gasteiger partial charge in [0.2, 0.25) is 0 Å². The number of likely N-dealkylation sites (N-methyl/N-ethyl adjacent to an activating group) is 1. The van der Waals surface area contributed by atoms with Gasteiger partial charge < -0.3 is 10.1 Å². The van der Waals surface area contributed by atoms with Gasteiger partial charge in [0.1, 0.15) is 5.75 Å². The summed E-state index contributed by atoms with van der Waals surface area (Å²) in [6.07, 6.45) is 0.920. The summed E-state index contributed by atoms with van der Waals surface area (Å²) in [5.41, 5.74) is 1.86. The molecule has 2 rings (SSSR count). The van der Waals surface area contributed by atoms with Crippen LogP contribution in [0.5, 0.6) is 5.75 Å². The Kier molecular flexibility index (Phi) is 4.56. The summed E-state index contributed by atoms with van der Waals surface area (Å²) in [5.74, 6) is 0.808. The molecule has 1 fully saturated rings. The van der Waals surface area contributed by atoms with Crippen molar-refractivity contribution in [2.45, 2.75) is 19.4 Å². The molecule has 1 aromatic carbocycles. The van der Waals surface area contributed by atoms with Crippen LogP contribution < -0.4 is 10.1 Å². The Morgan fingerprint density at radius 3 is 2.95 bits per heavy atom. The quantitative estimate of drug-likeness (QED) is 0.832. The fraction of sp³-hybridized carbons (Fsp3) is 0.533. The van der Waals surface area contributed by atoms with E-state index in [1.54, 1.807) is 7.11 Å². The number of ketones is 1. The summed E-state index contributed by atoms with van der Waals surface area (Å²) in [7, 11) is 3.61. The number of carbonyl (C=O) groups is 1. The second kappa shape index (κ2) is 6.17. The molecule has 1 saturated heterocycles. The van der Waals surface area contributed by atoms with Gasteiger partial charge in [-0.15, -0.1) is 0 Å². The number of piperazine rings is 1. The number of hydrogen-bond acceptors (Lipinski definition) is 4. The van der Waals surface area contributed by atoms with E-state index >= 15 is 0 Å². The zero-order valence-electron chi connectivity index (χ0n) is 11.9. The molecule has 0 spiro atoms. The van der Waals surface area contributed by atoms with E-state index in [1.165, 1.54) is 0 Å². The molecule has 104 valence electrons. The number of rotatable bonds is 4. The number of carbonyl (C=O) groups excluding carboxylic acids is 1. The summed E-state index contributed by atoms with van der Waals surface area (Å²) < 4.78 is 5.33. The number of aryl methyl sites for hydroxylation is 1. The maximum Gasteiger partial charge on any atom is 0.184 e. The number of nitrogens with zero attached hydrogens (tertiary/aromatic N) is 1. The minimum Gasteiger partial charge on any atom is -0.496 e. The van der Waals surface area contributed by atoms with Gasteiger partial charge in [0.05, 0.1) is 18.7 Å². The van der Waals surface area contributed by atoms with Crippen molar-refractivity contribution in [1.82, 2.24) is 10.2 Å². The van der Waals surface area contributed by atoms with Crippen LogP contribution in [0.3, 0.4) is 0 Å². The van der Waals surface area contributed by atoms with E-state index in [9.17, 15) is 4.79 Å². The van der Waals surface area contributed by atoms with Crippen LogP contribution in [0.25, 0.3) is 0 Å². The zero-order chi connectivity index (χ0) is 13.8. The molecule has 1 unspecified atom stereocenters. The first-order valence-electron chi connectivity index (χ1n) is 6.79. The predicted octanol–water partition coefficient (Wildman–Crippen LogP) is 1.34. The second-order valence-electron chi connectivity index (χ2n) is 4.95. The van der Waals surface area contributed by atoms with Crippen molar-refractivity contribution >= 4 is 5.78 Å². The Balaban J connectivity index is 2.30. The van der Waals surface area contributed by atoms with E-state index in [4.69, 9.17) is 4.74 Å². The SMILES string of the molecule is CCc1ccc(OC)c(C(=O)C2CNCCN2C)c1. The van der Waals surface area contributed by atoms with Crippen LogP contribution in [0, 0.1) is 0 Å². The standard InChI is InChI=1S/C15H22N2O2/c1-4-11-5-6-14(19-3)12(9-11)15(18)13-10-16-7-8-17(13)2/h5-6,9,13,16H,4,7-8,10H2,1-3H3. The molecule has 1 atom stereocenters. The normalized spacial score (nSPS) is 20.3. The highest BCUT2D eigenvalue weighted by Gasteiger charge is 2.28. The molecule has 1 aliphatic heterocycles. The highest BCUT2D eigenvalue weighted by atomic mass is 16.5. The van der Waals surface area contributed by atoms with Crippen molar-refractivity contribution in [1.29, 1.82) is 0 Å². The van der Waals surface area contributed by atoms with Crippen molar-refractivity contribution in [3.05, 3.63) is 29.3 Å². The number of ether oxygens (including phenoxy) is 1. The second-order valence-corrected chi connectivity index (χ2v) is 4.95. The van der Waals surface area contributed by atoms with E-state index in [0.29, 0.717) is 17.9 Å². The van der Waals surface area contributed by atoms with Gasteiger partial charge in [-0.25, -0.2) is 0 Å². The summed E-state index contributed by atoms with van der Waals surface area (Å²) in [6.45, 7) is 4.62. The first-order chi connectivity index (χ1) is 9.17. The first-order valence-corrected chi connectivity index (χ1v) is 6.79. The topological polar surface area (TPSA) is 41.6 Å². The number of methoxy groups -OCH3 is 1. The van der Waals surface area contributed by atoms with E-state index in [2.05, 4.69) is 17.1 Å². The van der Waals surface area contributed by atoms with Crippen LogP contribution in [-0.4, -0.2) is 50.5 Å².